The smallest absolute Gasteiger partial charge is 0.329 e. The van der Waals surface area contributed by atoms with Crippen LogP contribution >= 0.6 is 0 Å². The molecule has 0 bridgehead atoms. The van der Waals surface area contributed by atoms with E-state index >= 15 is 0 Å². The number of hydrogen-bond acceptors (Lipinski definition) is 6. The quantitative estimate of drug-likeness (QED) is 0.860. The van der Waals surface area contributed by atoms with Gasteiger partial charge in [0, 0.05) is 18.2 Å². The summed E-state index contributed by atoms with van der Waals surface area (Å²) in [7, 11) is -4.32. The topological polar surface area (TPSA) is 128 Å². The molecule has 1 amide bonds. The second kappa shape index (κ2) is 5.62. The molecule has 0 saturated carbocycles. The van der Waals surface area contributed by atoms with E-state index in [2.05, 4.69) is 20.0 Å². The Bertz CT molecular complexity index is 860. The highest BCUT2D eigenvalue weighted by Gasteiger charge is 2.39. The first kappa shape index (κ1) is 16.9. The minimum atomic E-state index is -4.87. The summed E-state index contributed by atoms with van der Waals surface area (Å²) < 4.78 is 64.7. The number of aromatic nitrogens is 2. The predicted octanol–water partition coefficient (Wildman–Crippen LogP) is 1.36. The van der Waals surface area contributed by atoms with E-state index in [0.29, 0.717) is 0 Å². The van der Waals surface area contributed by atoms with Crippen molar-refractivity contribution in [3.8, 4) is 11.4 Å². The van der Waals surface area contributed by atoms with Crippen LogP contribution in [0.4, 0.5) is 18.9 Å². The van der Waals surface area contributed by atoms with Crippen molar-refractivity contribution in [2.45, 2.75) is 18.0 Å². The van der Waals surface area contributed by atoms with Gasteiger partial charge in [-0.1, -0.05) is 5.16 Å². The van der Waals surface area contributed by atoms with Crippen molar-refractivity contribution in [3.63, 3.8) is 0 Å². The first-order valence-corrected chi connectivity index (χ1v) is 7.39. The van der Waals surface area contributed by atoms with Crippen molar-refractivity contribution in [1.29, 1.82) is 0 Å². The molecular weight excluding hydrogens is 341 g/mol. The van der Waals surface area contributed by atoms with Gasteiger partial charge in [-0.2, -0.15) is 18.2 Å². The maximum absolute atomic E-state index is 12.5. The molecule has 8 nitrogen and oxygen atoms in total. The highest BCUT2D eigenvalue weighted by atomic mass is 32.2. The zero-order valence-electron chi connectivity index (χ0n) is 11.4. The summed E-state index contributed by atoms with van der Waals surface area (Å²) >= 11 is 0. The third kappa shape index (κ3) is 3.84. The lowest BCUT2D eigenvalue weighted by molar-refractivity contribution is -0.159. The number of amides is 1. The highest BCUT2D eigenvalue weighted by Crippen LogP contribution is 2.32. The van der Waals surface area contributed by atoms with Crippen molar-refractivity contribution in [2.24, 2.45) is 5.14 Å². The lowest BCUT2D eigenvalue weighted by atomic mass is 10.2. The summed E-state index contributed by atoms with van der Waals surface area (Å²) in [6.45, 7) is 1.19. The molecule has 0 aliphatic heterocycles. The number of carbonyl (C=O) groups excluding carboxylic acids is 1. The minimum Gasteiger partial charge on any atom is -0.329 e. The second-order valence-electron chi connectivity index (χ2n) is 4.36. The van der Waals surface area contributed by atoms with Gasteiger partial charge >= 0.3 is 12.1 Å². The number of halogens is 3. The highest BCUT2D eigenvalue weighted by molar-refractivity contribution is 7.89. The second-order valence-corrected chi connectivity index (χ2v) is 5.89. The summed E-state index contributed by atoms with van der Waals surface area (Å²) in [5.41, 5.74) is -0.203. The molecule has 2 aromatic rings. The Balaban J connectivity index is 2.58. The fourth-order valence-corrected chi connectivity index (χ4v) is 2.43. The first-order chi connectivity index (χ1) is 10.5. The van der Waals surface area contributed by atoms with E-state index in [-0.39, 0.29) is 11.3 Å². The third-order valence-electron chi connectivity index (χ3n) is 2.52. The van der Waals surface area contributed by atoms with E-state index in [1.54, 1.807) is 0 Å². The SMILES string of the molecule is CC(=O)Nc1ccc(-c2noc(C(F)(F)F)n2)c(S(N)(=O)=O)c1. The van der Waals surface area contributed by atoms with Gasteiger partial charge in [-0.3, -0.25) is 4.79 Å². The van der Waals surface area contributed by atoms with Gasteiger partial charge in [0.15, 0.2) is 0 Å². The van der Waals surface area contributed by atoms with E-state index in [0.717, 1.165) is 12.1 Å². The van der Waals surface area contributed by atoms with E-state index in [1.807, 2.05) is 0 Å². The van der Waals surface area contributed by atoms with Gasteiger partial charge in [0.2, 0.25) is 21.8 Å². The van der Waals surface area contributed by atoms with E-state index in [9.17, 15) is 26.4 Å². The van der Waals surface area contributed by atoms with Crippen LogP contribution in [0.15, 0.2) is 27.6 Å². The molecule has 0 aliphatic rings. The Morgan fingerprint density at radius 1 is 1.35 bits per heavy atom. The Hall–Kier alpha value is -2.47. The largest absolute Gasteiger partial charge is 0.471 e. The lowest BCUT2D eigenvalue weighted by Gasteiger charge is -2.08. The summed E-state index contributed by atoms with van der Waals surface area (Å²) in [6.07, 6.45) is -4.87. The zero-order valence-corrected chi connectivity index (χ0v) is 12.2. The number of nitrogens with two attached hydrogens (primary N) is 1. The number of anilines is 1. The van der Waals surface area contributed by atoms with Crippen LogP contribution in [0.3, 0.4) is 0 Å². The van der Waals surface area contributed by atoms with Crippen molar-refractivity contribution < 1.29 is 30.9 Å². The molecule has 0 spiro atoms. The van der Waals surface area contributed by atoms with Gasteiger partial charge in [0.05, 0.1) is 4.90 Å². The average molecular weight is 350 g/mol. The Labute approximate surface area is 127 Å². The molecule has 0 unspecified atom stereocenters. The summed E-state index contributed by atoms with van der Waals surface area (Å²) in [4.78, 5) is 13.5. The van der Waals surface area contributed by atoms with Crippen LogP contribution in [0.1, 0.15) is 12.8 Å². The standard InChI is InChI=1S/C11H9F3N4O4S/c1-5(19)16-6-2-3-7(8(4-6)23(15,20)21)9-17-10(22-18-9)11(12,13)14/h2-4H,1H3,(H,16,19)(H2,15,20,21). The van der Waals surface area contributed by atoms with Gasteiger partial charge in [-0.25, -0.2) is 13.6 Å². The summed E-state index contributed by atoms with van der Waals surface area (Å²) in [5, 5.41) is 10.5. The molecule has 0 fully saturated rings. The number of carbonyl (C=O) groups is 1. The lowest BCUT2D eigenvalue weighted by Crippen LogP contribution is -2.15. The number of alkyl halides is 3. The van der Waals surface area contributed by atoms with Gasteiger partial charge < -0.3 is 9.84 Å². The van der Waals surface area contributed by atoms with Crippen LogP contribution in [-0.4, -0.2) is 24.5 Å². The van der Waals surface area contributed by atoms with Crippen LogP contribution < -0.4 is 10.5 Å². The van der Waals surface area contributed by atoms with Crippen molar-refractivity contribution in [2.75, 3.05) is 5.32 Å². The van der Waals surface area contributed by atoms with E-state index in [1.165, 1.54) is 13.0 Å². The fraction of sp³-hybridized carbons (Fsp3) is 0.182. The van der Waals surface area contributed by atoms with Crippen LogP contribution in [0.2, 0.25) is 0 Å². The Morgan fingerprint density at radius 2 is 2.00 bits per heavy atom. The number of nitrogens with one attached hydrogen (secondary N) is 1. The molecule has 23 heavy (non-hydrogen) atoms. The van der Waals surface area contributed by atoms with Gasteiger partial charge in [0.25, 0.3) is 0 Å². The normalized spacial score (nSPS) is 12.2. The van der Waals surface area contributed by atoms with Crippen LogP contribution in [0.25, 0.3) is 11.4 Å². The molecule has 0 radical (unpaired) electrons. The summed E-state index contributed by atoms with van der Waals surface area (Å²) in [5.74, 6) is -2.70. The molecule has 124 valence electrons. The number of nitrogens with zero attached hydrogens (tertiary/aromatic N) is 2. The van der Waals surface area contributed by atoms with E-state index in [4.69, 9.17) is 5.14 Å². The zero-order chi connectivity index (χ0) is 17.4. The molecule has 0 saturated heterocycles. The average Bonchev–Trinajstić information content (AvgIpc) is 2.86. The number of rotatable bonds is 3. The third-order valence-corrected chi connectivity index (χ3v) is 3.47. The van der Waals surface area contributed by atoms with Gasteiger partial charge in [0.1, 0.15) is 0 Å². The Kier molecular flexibility index (Phi) is 4.13. The molecule has 0 aliphatic carbocycles. The number of sulfonamides is 1. The van der Waals surface area contributed by atoms with Crippen molar-refractivity contribution >= 4 is 21.6 Å². The van der Waals surface area contributed by atoms with Crippen LogP contribution in [-0.2, 0) is 21.0 Å². The van der Waals surface area contributed by atoms with Gasteiger partial charge in [-0.15, -0.1) is 0 Å². The first-order valence-electron chi connectivity index (χ1n) is 5.84. The van der Waals surface area contributed by atoms with Crippen LogP contribution in [0.5, 0.6) is 0 Å². The molecule has 1 heterocycles. The Morgan fingerprint density at radius 3 is 2.48 bits per heavy atom. The molecule has 0 atom stereocenters. The van der Waals surface area contributed by atoms with Crippen molar-refractivity contribution in [1.82, 2.24) is 10.1 Å². The maximum Gasteiger partial charge on any atom is 0.471 e. The number of benzene rings is 1. The maximum atomic E-state index is 12.5. The van der Waals surface area contributed by atoms with Crippen LogP contribution in [0, 0.1) is 0 Å². The fourth-order valence-electron chi connectivity index (χ4n) is 1.67. The minimum absolute atomic E-state index is 0.0878. The monoisotopic (exact) mass is 350 g/mol. The number of hydrogen-bond donors (Lipinski definition) is 2. The molecular formula is C11H9F3N4O4S. The predicted molar refractivity (Wildman–Crippen MR) is 70.4 cm³/mol. The number of primary sulfonamides is 1. The summed E-state index contributed by atoms with van der Waals surface area (Å²) in [6, 6.07) is 3.35. The molecule has 1 aromatic carbocycles. The van der Waals surface area contributed by atoms with E-state index < -0.39 is 38.7 Å². The molecule has 12 heteroatoms. The van der Waals surface area contributed by atoms with Gasteiger partial charge in [-0.05, 0) is 18.2 Å². The van der Waals surface area contributed by atoms with Crippen molar-refractivity contribution in [3.05, 3.63) is 24.1 Å². The molecule has 1 aromatic heterocycles. The molecule has 2 rings (SSSR count). The molecule has 3 N–H and O–H groups in total.